The summed E-state index contributed by atoms with van der Waals surface area (Å²) in [7, 11) is 0. The molecule has 5 nitrogen and oxygen atoms in total. The topological polar surface area (TPSA) is 51.7 Å². The number of fused-ring (bicyclic) bond motifs is 1. The van der Waals surface area contributed by atoms with Crippen LogP contribution in [-0.2, 0) is 6.42 Å². The number of ether oxygens (including phenoxy) is 2. The summed E-state index contributed by atoms with van der Waals surface area (Å²) in [5, 5.41) is 0. The highest BCUT2D eigenvalue weighted by molar-refractivity contribution is 5.95. The smallest absolute Gasteiger partial charge is 0.253 e. The Morgan fingerprint density at radius 3 is 2.73 bits per heavy atom. The fourth-order valence-electron chi connectivity index (χ4n) is 2.43. The van der Waals surface area contributed by atoms with E-state index in [1.807, 2.05) is 24.0 Å². The maximum Gasteiger partial charge on any atom is 0.253 e. The van der Waals surface area contributed by atoms with Gasteiger partial charge in [0.15, 0.2) is 11.5 Å². The standard InChI is InChI=1S/C17H18N2O3/c1-2-19(10-7-13-5-8-18-9-6-13)17(20)14-3-4-15-16(11-14)22-12-21-15/h3-6,8-9,11H,2,7,10,12H2,1H3. The summed E-state index contributed by atoms with van der Waals surface area (Å²) in [6, 6.07) is 9.26. The number of hydrogen-bond acceptors (Lipinski definition) is 4. The Labute approximate surface area is 129 Å². The van der Waals surface area contributed by atoms with Gasteiger partial charge in [0.05, 0.1) is 0 Å². The third kappa shape index (κ3) is 3.03. The summed E-state index contributed by atoms with van der Waals surface area (Å²) in [5.74, 6) is 1.34. The van der Waals surface area contributed by atoms with E-state index in [0.29, 0.717) is 30.2 Å². The molecule has 0 spiro atoms. The molecule has 1 amide bonds. The van der Waals surface area contributed by atoms with E-state index in [-0.39, 0.29) is 12.7 Å². The molecule has 2 heterocycles. The van der Waals surface area contributed by atoms with Gasteiger partial charge in [0.25, 0.3) is 5.91 Å². The maximum absolute atomic E-state index is 12.6. The van der Waals surface area contributed by atoms with Crippen molar-refractivity contribution in [3.63, 3.8) is 0 Å². The van der Waals surface area contributed by atoms with Gasteiger partial charge in [0.2, 0.25) is 6.79 Å². The highest BCUT2D eigenvalue weighted by Gasteiger charge is 2.19. The summed E-state index contributed by atoms with van der Waals surface area (Å²) in [5.41, 5.74) is 1.80. The number of likely N-dealkylation sites (N-methyl/N-ethyl adjacent to an activating group) is 1. The third-order valence-corrected chi connectivity index (χ3v) is 3.71. The van der Waals surface area contributed by atoms with E-state index in [0.717, 1.165) is 6.42 Å². The van der Waals surface area contributed by atoms with Crippen molar-refractivity contribution in [2.24, 2.45) is 0 Å². The summed E-state index contributed by atoms with van der Waals surface area (Å²) in [6.07, 6.45) is 4.35. The summed E-state index contributed by atoms with van der Waals surface area (Å²) in [6.45, 7) is 3.54. The van der Waals surface area contributed by atoms with Crippen LogP contribution in [0.3, 0.4) is 0 Å². The molecule has 0 saturated carbocycles. The van der Waals surface area contributed by atoms with Gasteiger partial charge in [0.1, 0.15) is 0 Å². The molecule has 0 aliphatic carbocycles. The third-order valence-electron chi connectivity index (χ3n) is 3.71. The van der Waals surface area contributed by atoms with Crippen LogP contribution < -0.4 is 9.47 Å². The zero-order valence-electron chi connectivity index (χ0n) is 12.5. The first-order valence-corrected chi connectivity index (χ1v) is 7.35. The average Bonchev–Trinajstić information content (AvgIpc) is 3.03. The molecule has 0 bridgehead atoms. The fraction of sp³-hybridized carbons (Fsp3) is 0.294. The number of pyridine rings is 1. The molecule has 0 saturated heterocycles. The maximum atomic E-state index is 12.6. The number of carbonyl (C=O) groups is 1. The van der Waals surface area contributed by atoms with Crippen molar-refractivity contribution >= 4 is 5.91 Å². The molecule has 1 aromatic carbocycles. The highest BCUT2D eigenvalue weighted by Crippen LogP contribution is 2.32. The van der Waals surface area contributed by atoms with Gasteiger partial charge in [-0.2, -0.15) is 0 Å². The van der Waals surface area contributed by atoms with Crippen LogP contribution in [-0.4, -0.2) is 35.7 Å². The Kier molecular flexibility index (Phi) is 4.23. The zero-order chi connectivity index (χ0) is 15.4. The second-order valence-corrected chi connectivity index (χ2v) is 5.06. The van der Waals surface area contributed by atoms with Crippen molar-refractivity contribution in [1.82, 2.24) is 9.88 Å². The first-order valence-electron chi connectivity index (χ1n) is 7.35. The number of hydrogen-bond donors (Lipinski definition) is 0. The van der Waals surface area contributed by atoms with Crippen molar-refractivity contribution in [3.8, 4) is 11.5 Å². The average molecular weight is 298 g/mol. The lowest BCUT2D eigenvalue weighted by atomic mass is 10.1. The van der Waals surface area contributed by atoms with Gasteiger partial charge in [0, 0.05) is 31.0 Å². The molecule has 0 atom stereocenters. The van der Waals surface area contributed by atoms with Gasteiger partial charge in [-0.1, -0.05) is 0 Å². The van der Waals surface area contributed by atoms with Crippen LogP contribution in [0.15, 0.2) is 42.7 Å². The van der Waals surface area contributed by atoms with E-state index in [1.54, 1.807) is 30.6 Å². The lowest BCUT2D eigenvalue weighted by Crippen LogP contribution is -2.32. The summed E-state index contributed by atoms with van der Waals surface area (Å²) >= 11 is 0. The Hall–Kier alpha value is -2.56. The molecule has 0 unspecified atom stereocenters. The molecule has 1 aliphatic rings. The zero-order valence-corrected chi connectivity index (χ0v) is 12.5. The van der Waals surface area contributed by atoms with E-state index in [1.165, 1.54) is 5.56 Å². The van der Waals surface area contributed by atoms with E-state index in [4.69, 9.17) is 9.47 Å². The number of rotatable bonds is 5. The number of amides is 1. The quantitative estimate of drug-likeness (QED) is 0.851. The molecular weight excluding hydrogens is 280 g/mol. The first-order chi connectivity index (χ1) is 10.8. The summed E-state index contributed by atoms with van der Waals surface area (Å²) in [4.78, 5) is 18.4. The molecule has 22 heavy (non-hydrogen) atoms. The minimum atomic E-state index is 0.00913. The summed E-state index contributed by atoms with van der Waals surface area (Å²) < 4.78 is 10.6. The molecule has 0 fully saturated rings. The molecule has 3 rings (SSSR count). The van der Waals surface area contributed by atoms with E-state index < -0.39 is 0 Å². The van der Waals surface area contributed by atoms with Crippen molar-refractivity contribution < 1.29 is 14.3 Å². The second kappa shape index (κ2) is 6.47. The van der Waals surface area contributed by atoms with Gasteiger partial charge in [-0.3, -0.25) is 9.78 Å². The Morgan fingerprint density at radius 2 is 1.95 bits per heavy atom. The molecule has 1 aliphatic heterocycles. The van der Waals surface area contributed by atoms with E-state index in [2.05, 4.69) is 4.98 Å². The lowest BCUT2D eigenvalue weighted by Gasteiger charge is -2.21. The SMILES string of the molecule is CCN(CCc1ccncc1)C(=O)c1ccc2c(c1)OCO2. The first kappa shape index (κ1) is 14.4. The second-order valence-electron chi connectivity index (χ2n) is 5.06. The van der Waals surface area contributed by atoms with Crippen LogP contribution in [0.5, 0.6) is 11.5 Å². The Morgan fingerprint density at radius 1 is 1.18 bits per heavy atom. The van der Waals surface area contributed by atoms with Gasteiger partial charge in [-0.25, -0.2) is 0 Å². The number of nitrogens with zero attached hydrogens (tertiary/aromatic N) is 2. The van der Waals surface area contributed by atoms with Crippen molar-refractivity contribution in [2.75, 3.05) is 19.9 Å². The molecule has 5 heteroatoms. The normalized spacial score (nSPS) is 12.2. The van der Waals surface area contributed by atoms with Crippen molar-refractivity contribution in [2.45, 2.75) is 13.3 Å². The molecule has 1 aromatic heterocycles. The fourth-order valence-corrected chi connectivity index (χ4v) is 2.43. The van der Waals surface area contributed by atoms with Crippen molar-refractivity contribution in [1.29, 1.82) is 0 Å². The largest absolute Gasteiger partial charge is 0.454 e. The van der Waals surface area contributed by atoms with Gasteiger partial charge >= 0.3 is 0 Å². The van der Waals surface area contributed by atoms with Crippen LogP contribution in [0.1, 0.15) is 22.8 Å². The molecule has 0 radical (unpaired) electrons. The van der Waals surface area contributed by atoms with Crippen LogP contribution in [0, 0.1) is 0 Å². The van der Waals surface area contributed by atoms with Crippen molar-refractivity contribution in [3.05, 3.63) is 53.9 Å². The Balaban J connectivity index is 1.69. The molecular formula is C17H18N2O3. The molecule has 0 N–H and O–H groups in total. The van der Waals surface area contributed by atoms with Gasteiger partial charge in [-0.15, -0.1) is 0 Å². The van der Waals surface area contributed by atoms with Crippen LogP contribution >= 0.6 is 0 Å². The van der Waals surface area contributed by atoms with Crippen LogP contribution in [0.2, 0.25) is 0 Å². The lowest BCUT2D eigenvalue weighted by molar-refractivity contribution is 0.0765. The monoisotopic (exact) mass is 298 g/mol. The molecule has 114 valence electrons. The Bertz CT molecular complexity index is 658. The predicted molar refractivity (Wildman–Crippen MR) is 82.1 cm³/mol. The van der Waals surface area contributed by atoms with Gasteiger partial charge < -0.3 is 14.4 Å². The minimum absolute atomic E-state index is 0.00913. The minimum Gasteiger partial charge on any atom is -0.454 e. The van der Waals surface area contributed by atoms with E-state index in [9.17, 15) is 4.79 Å². The number of benzene rings is 1. The number of carbonyl (C=O) groups excluding carboxylic acids is 1. The highest BCUT2D eigenvalue weighted by atomic mass is 16.7. The predicted octanol–water partition coefficient (Wildman–Crippen LogP) is 2.52. The van der Waals surface area contributed by atoms with Gasteiger partial charge in [-0.05, 0) is 49.2 Å². The number of aromatic nitrogens is 1. The van der Waals surface area contributed by atoms with Crippen LogP contribution in [0.4, 0.5) is 0 Å². The van der Waals surface area contributed by atoms with Crippen LogP contribution in [0.25, 0.3) is 0 Å². The molecule has 2 aromatic rings. The van der Waals surface area contributed by atoms with E-state index >= 15 is 0 Å².